The van der Waals surface area contributed by atoms with Crippen molar-refractivity contribution in [1.82, 2.24) is 9.78 Å². The highest BCUT2D eigenvalue weighted by Crippen LogP contribution is 2.43. The molecule has 0 radical (unpaired) electrons. The molecule has 11 heteroatoms. The van der Waals surface area contributed by atoms with E-state index >= 15 is 0 Å². The number of carboxylic acid groups (broad SMARTS) is 1. The fraction of sp³-hybridized carbons (Fsp3) is 0.368. The predicted octanol–water partition coefficient (Wildman–Crippen LogP) is 1.92. The zero-order valence-corrected chi connectivity index (χ0v) is 16.3. The smallest absolute Gasteiger partial charge is 0.299 e. The van der Waals surface area contributed by atoms with Crippen molar-refractivity contribution >= 4 is 18.1 Å². The van der Waals surface area contributed by atoms with Gasteiger partial charge in [-0.3, -0.25) is 19.3 Å². The molecule has 162 valence electrons. The first-order valence-electron chi connectivity index (χ1n) is 8.73. The summed E-state index contributed by atoms with van der Waals surface area (Å²) in [5.74, 6) is -4.80. The van der Waals surface area contributed by atoms with Crippen LogP contribution in [0.4, 0.5) is 13.2 Å². The fourth-order valence-electron chi connectivity index (χ4n) is 2.98. The van der Waals surface area contributed by atoms with Gasteiger partial charge in [0, 0.05) is 25.2 Å². The molecule has 1 aliphatic rings. The lowest BCUT2D eigenvalue weighted by molar-refractivity contribution is -0.122. The molecule has 0 spiro atoms. The van der Waals surface area contributed by atoms with Crippen molar-refractivity contribution in [2.24, 2.45) is 17.8 Å². The Labute approximate surface area is 170 Å². The van der Waals surface area contributed by atoms with Crippen LogP contribution >= 0.6 is 0 Å². The van der Waals surface area contributed by atoms with E-state index in [2.05, 4.69) is 10.1 Å². The lowest BCUT2D eigenvalue weighted by atomic mass is 9.84. The van der Waals surface area contributed by atoms with Gasteiger partial charge in [-0.1, -0.05) is 6.07 Å². The maximum Gasteiger partial charge on any atom is 0.299 e. The first-order chi connectivity index (χ1) is 14.0. The van der Waals surface area contributed by atoms with Crippen LogP contribution < -0.4 is 5.73 Å². The van der Waals surface area contributed by atoms with Gasteiger partial charge in [0.1, 0.15) is 30.6 Å². The number of ether oxygens (including phenoxy) is 1. The molecule has 8 nitrogen and oxygen atoms in total. The number of halogens is 3. The summed E-state index contributed by atoms with van der Waals surface area (Å²) < 4.78 is 50.2. The standard InChI is InChI=1S/C18H19F3N4O2.CH2O2/c1-17(18(20,21)10-27-9-16(22)23-17)12-7-11(3-4-13(12)19)8-15(26)14-5-6-25(2)24-14;2-1-3/h3-7H,8-10H2,1-2H3,(H2,22,23);1H,(H,2,3)/t17-;/m1./s1. The summed E-state index contributed by atoms with van der Waals surface area (Å²) >= 11 is 0. The molecule has 0 bridgehead atoms. The molecule has 0 saturated heterocycles. The minimum Gasteiger partial charge on any atom is -0.483 e. The van der Waals surface area contributed by atoms with Crippen LogP contribution in [0.15, 0.2) is 35.5 Å². The van der Waals surface area contributed by atoms with Crippen molar-refractivity contribution in [1.29, 1.82) is 0 Å². The quantitative estimate of drug-likeness (QED) is 0.569. The number of nitrogens with two attached hydrogens (primary N) is 1. The summed E-state index contributed by atoms with van der Waals surface area (Å²) in [4.78, 5) is 24.5. The number of aryl methyl sites for hydroxylation is 1. The summed E-state index contributed by atoms with van der Waals surface area (Å²) in [7, 11) is 1.67. The van der Waals surface area contributed by atoms with Crippen LogP contribution in [0.3, 0.4) is 0 Å². The highest BCUT2D eigenvalue weighted by molar-refractivity contribution is 5.95. The SMILES string of the molecule is Cn1ccc(C(=O)Cc2ccc(F)c([C@@]3(C)N=C(N)COCC3(F)F)c2)n1.O=CO. The van der Waals surface area contributed by atoms with E-state index in [9.17, 15) is 18.0 Å². The van der Waals surface area contributed by atoms with E-state index in [1.54, 1.807) is 19.3 Å². The van der Waals surface area contributed by atoms with Crippen molar-refractivity contribution in [3.05, 3.63) is 53.1 Å². The molecule has 2 aromatic rings. The third-order valence-electron chi connectivity index (χ3n) is 4.53. The summed E-state index contributed by atoms with van der Waals surface area (Å²) in [5.41, 5.74) is 3.65. The van der Waals surface area contributed by atoms with E-state index in [1.165, 1.54) is 16.8 Å². The molecule has 0 saturated carbocycles. The maximum absolute atomic E-state index is 14.7. The Hall–Kier alpha value is -3.21. The number of rotatable bonds is 4. The van der Waals surface area contributed by atoms with Crippen LogP contribution in [0.5, 0.6) is 0 Å². The van der Waals surface area contributed by atoms with Gasteiger partial charge in [0.25, 0.3) is 12.4 Å². The van der Waals surface area contributed by atoms with E-state index in [0.29, 0.717) is 5.56 Å². The largest absolute Gasteiger partial charge is 0.483 e. The van der Waals surface area contributed by atoms with Crippen LogP contribution in [-0.2, 0) is 28.5 Å². The second-order valence-electron chi connectivity index (χ2n) is 6.77. The normalized spacial score (nSPS) is 20.4. The minimum atomic E-state index is -3.49. The molecule has 1 aromatic heterocycles. The van der Waals surface area contributed by atoms with E-state index in [1.807, 2.05) is 0 Å². The van der Waals surface area contributed by atoms with Gasteiger partial charge in [-0.25, -0.2) is 13.2 Å². The van der Waals surface area contributed by atoms with Gasteiger partial charge >= 0.3 is 0 Å². The lowest BCUT2D eigenvalue weighted by Gasteiger charge is -2.33. The molecule has 30 heavy (non-hydrogen) atoms. The maximum atomic E-state index is 14.7. The van der Waals surface area contributed by atoms with Crippen molar-refractivity contribution in [2.75, 3.05) is 13.2 Å². The van der Waals surface area contributed by atoms with Crippen LogP contribution in [0.2, 0.25) is 0 Å². The van der Waals surface area contributed by atoms with Gasteiger partial charge in [-0.2, -0.15) is 5.10 Å². The second-order valence-corrected chi connectivity index (χ2v) is 6.77. The summed E-state index contributed by atoms with van der Waals surface area (Å²) in [6.07, 6.45) is 1.51. The van der Waals surface area contributed by atoms with Crippen molar-refractivity contribution in [3.63, 3.8) is 0 Å². The van der Waals surface area contributed by atoms with Crippen molar-refractivity contribution in [3.8, 4) is 0 Å². The molecular formula is C19H21F3N4O4. The molecule has 3 rings (SSSR count). The predicted molar refractivity (Wildman–Crippen MR) is 101 cm³/mol. The molecule has 2 heterocycles. The molecule has 1 atom stereocenters. The third-order valence-corrected chi connectivity index (χ3v) is 4.53. The number of alkyl halides is 2. The third kappa shape index (κ3) is 4.85. The lowest BCUT2D eigenvalue weighted by Crippen LogP contribution is -2.45. The van der Waals surface area contributed by atoms with E-state index in [4.69, 9.17) is 20.4 Å². The first kappa shape index (κ1) is 23.1. The number of carbonyl (C=O) groups is 2. The zero-order valence-electron chi connectivity index (χ0n) is 16.3. The molecule has 3 N–H and O–H groups in total. The molecule has 1 aliphatic heterocycles. The van der Waals surface area contributed by atoms with Crippen molar-refractivity contribution < 1.29 is 32.6 Å². The first-order valence-corrected chi connectivity index (χ1v) is 8.73. The van der Waals surface area contributed by atoms with Gasteiger partial charge in [0.15, 0.2) is 11.3 Å². The number of hydrogen-bond acceptors (Lipinski definition) is 6. The van der Waals surface area contributed by atoms with Crippen LogP contribution in [-0.4, -0.2) is 52.1 Å². The van der Waals surface area contributed by atoms with Crippen LogP contribution in [0, 0.1) is 5.82 Å². The Morgan fingerprint density at radius 1 is 1.40 bits per heavy atom. The van der Waals surface area contributed by atoms with E-state index in [-0.39, 0.29) is 42.4 Å². The number of aliphatic imine (C=N–C) groups is 1. The van der Waals surface area contributed by atoms with Gasteiger partial charge in [0.2, 0.25) is 0 Å². The van der Waals surface area contributed by atoms with E-state index < -0.39 is 23.9 Å². The number of Topliss-reactive ketones (excluding diaryl/α,β-unsaturated/α-hetero) is 1. The summed E-state index contributed by atoms with van der Waals surface area (Å²) in [5, 5.41) is 10.9. The number of ketones is 1. The Morgan fingerprint density at radius 3 is 2.67 bits per heavy atom. The number of carbonyl (C=O) groups excluding carboxylic acids is 1. The molecule has 0 aliphatic carbocycles. The van der Waals surface area contributed by atoms with Crippen molar-refractivity contribution in [2.45, 2.75) is 24.8 Å². The van der Waals surface area contributed by atoms with Gasteiger partial charge in [-0.05, 0) is 30.7 Å². The Bertz CT molecular complexity index is 961. The Kier molecular flexibility index (Phi) is 6.98. The fourth-order valence-corrected chi connectivity index (χ4v) is 2.98. The zero-order chi connectivity index (χ0) is 22.5. The molecule has 0 unspecified atom stereocenters. The monoisotopic (exact) mass is 426 g/mol. The number of hydrogen-bond donors (Lipinski definition) is 2. The van der Waals surface area contributed by atoms with Gasteiger partial charge in [-0.15, -0.1) is 0 Å². The number of nitrogens with zero attached hydrogens (tertiary/aromatic N) is 3. The molecular weight excluding hydrogens is 405 g/mol. The summed E-state index contributed by atoms with van der Waals surface area (Å²) in [6.45, 7) is -0.341. The number of amidine groups is 1. The Morgan fingerprint density at radius 2 is 2.07 bits per heavy atom. The molecule has 0 fully saturated rings. The summed E-state index contributed by atoms with van der Waals surface area (Å²) in [6, 6.07) is 5.21. The highest BCUT2D eigenvalue weighted by atomic mass is 19.3. The number of aromatic nitrogens is 2. The average Bonchev–Trinajstić information content (AvgIpc) is 3.06. The van der Waals surface area contributed by atoms with E-state index in [0.717, 1.165) is 13.0 Å². The molecule has 0 amide bonds. The van der Waals surface area contributed by atoms with Crippen LogP contribution in [0.25, 0.3) is 0 Å². The minimum absolute atomic E-state index is 0.109. The number of benzene rings is 1. The van der Waals surface area contributed by atoms with Crippen LogP contribution in [0.1, 0.15) is 28.5 Å². The topological polar surface area (TPSA) is 120 Å². The Balaban J connectivity index is 0.00000101. The highest BCUT2D eigenvalue weighted by Gasteiger charge is 2.54. The average molecular weight is 426 g/mol. The van der Waals surface area contributed by atoms with Gasteiger partial charge in [0.05, 0.1) is 0 Å². The molecule has 1 aromatic carbocycles. The second kappa shape index (κ2) is 9.08. The van der Waals surface area contributed by atoms with Gasteiger partial charge < -0.3 is 15.6 Å².